The van der Waals surface area contributed by atoms with Gasteiger partial charge in [-0.2, -0.15) is 0 Å². The van der Waals surface area contributed by atoms with Crippen LogP contribution in [0.15, 0.2) is 71.5 Å². The van der Waals surface area contributed by atoms with Crippen LogP contribution in [0, 0.1) is 11.2 Å². The van der Waals surface area contributed by atoms with Crippen molar-refractivity contribution >= 4 is 46.5 Å². The highest BCUT2D eigenvalue weighted by atomic mass is 35.5. The lowest BCUT2D eigenvalue weighted by Crippen LogP contribution is -2.52. The Labute approximate surface area is 234 Å². The monoisotopic (exact) mass is 566 g/mol. The van der Waals surface area contributed by atoms with Crippen molar-refractivity contribution in [3.63, 3.8) is 0 Å². The van der Waals surface area contributed by atoms with E-state index in [1.54, 1.807) is 30.3 Å². The minimum atomic E-state index is -1.22. The van der Waals surface area contributed by atoms with Gasteiger partial charge in [0.15, 0.2) is 0 Å². The number of carbonyl (C=O) groups excluding carboxylic acids is 1. The molecule has 7 nitrogen and oxygen atoms in total. The van der Waals surface area contributed by atoms with Crippen molar-refractivity contribution in [2.75, 3.05) is 11.9 Å². The maximum absolute atomic E-state index is 15.8. The summed E-state index contributed by atoms with van der Waals surface area (Å²) in [6.07, 6.45) is 5.65. The van der Waals surface area contributed by atoms with Gasteiger partial charge in [-0.25, -0.2) is 9.18 Å². The van der Waals surface area contributed by atoms with Crippen LogP contribution in [0.3, 0.4) is 0 Å². The highest BCUT2D eigenvalue weighted by Crippen LogP contribution is 2.60. The average molecular weight is 567 g/mol. The maximum atomic E-state index is 15.8. The second-order valence-electron chi connectivity index (χ2n) is 10.2. The van der Waals surface area contributed by atoms with Crippen LogP contribution in [0.25, 0.3) is 0 Å². The standard InChI is InChI=1S/C29H25Cl2FN4O3/c1-2-10-36-23-13-21(16-8-6-14(27(37)38)11-20(16)33)34-26(23)24(17-4-3-5-19(31)25(17)32)29(36)18-9-7-15(30)12-22(18)35-28(29)39/h3-9,11-12,23-24,26,33-34H,2,10,13H2,1H3,(H,35,39)(H,37,38)/b21-16-,33-20?/t23?,24-,26+,29+/m0/s1. The van der Waals surface area contributed by atoms with Crippen LogP contribution in [-0.2, 0) is 15.1 Å². The molecule has 1 aliphatic carbocycles. The Kier molecular flexibility index (Phi) is 6.17. The summed E-state index contributed by atoms with van der Waals surface area (Å²) in [5.41, 5.74) is 1.90. The van der Waals surface area contributed by atoms with Gasteiger partial charge in [0, 0.05) is 45.9 Å². The first-order chi connectivity index (χ1) is 18.7. The van der Waals surface area contributed by atoms with Crippen LogP contribution in [-0.4, -0.2) is 46.2 Å². The lowest BCUT2D eigenvalue weighted by molar-refractivity contribution is -0.132. The Morgan fingerprint density at radius 3 is 2.77 bits per heavy atom. The first-order valence-corrected chi connectivity index (χ1v) is 13.5. The second kappa shape index (κ2) is 9.33. The van der Waals surface area contributed by atoms with Crippen molar-refractivity contribution in [2.24, 2.45) is 0 Å². The van der Waals surface area contributed by atoms with Crippen molar-refractivity contribution in [3.05, 3.63) is 98.5 Å². The van der Waals surface area contributed by atoms with E-state index in [-0.39, 0.29) is 28.3 Å². The minimum absolute atomic E-state index is 0.0252. The number of fused-ring (bicyclic) bond motifs is 3. The van der Waals surface area contributed by atoms with Crippen LogP contribution < -0.4 is 10.6 Å². The van der Waals surface area contributed by atoms with E-state index in [0.717, 1.165) is 17.7 Å². The molecule has 0 aromatic heterocycles. The number of nitrogens with zero attached hydrogens (tertiary/aromatic N) is 1. The van der Waals surface area contributed by atoms with Gasteiger partial charge >= 0.3 is 5.97 Å². The number of carboxylic acids is 1. The Morgan fingerprint density at radius 2 is 2.05 bits per heavy atom. The molecule has 200 valence electrons. The number of halogens is 3. The SMILES string of the molecule is CCCN1C2C/C(=C3\C=CC(C(=O)O)=CC3=N)N[C@H]2[C@H](c2cccc(Cl)c2F)[C@]12C(=O)Nc1cc(Cl)ccc12. The minimum Gasteiger partial charge on any atom is -0.478 e. The molecule has 39 heavy (non-hydrogen) atoms. The van der Waals surface area contributed by atoms with Gasteiger partial charge in [-0.1, -0.05) is 54.4 Å². The summed E-state index contributed by atoms with van der Waals surface area (Å²) in [7, 11) is 0. The number of carboxylic acid groups (broad SMARTS) is 1. The van der Waals surface area contributed by atoms with Gasteiger partial charge < -0.3 is 21.1 Å². The highest BCUT2D eigenvalue weighted by molar-refractivity contribution is 6.31. The summed E-state index contributed by atoms with van der Waals surface area (Å²) in [4.78, 5) is 27.7. The third-order valence-electron chi connectivity index (χ3n) is 8.19. The van der Waals surface area contributed by atoms with Gasteiger partial charge in [0.2, 0.25) is 5.91 Å². The zero-order valence-corrected chi connectivity index (χ0v) is 22.4. The molecule has 4 aliphatic rings. The number of carbonyl (C=O) groups is 2. The number of benzene rings is 2. The Morgan fingerprint density at radius 1 is 1.26 bits per heavy atom. The summed E-state index contributed by atoms with van der Waals surface area (Å²) in [6.45, 7) is 2.60. The molecule has 1 amide bonds. The Balaban J connectivity index is 1.55. The number of nitrogens with one attached hydrogen (secondary N) is 3. The number of aliphatic carboxylic acids is 1. The summed E-state index contributed by atoms with van der Waals surface area (Å²) in [6, 6.07) is 9.54. The van der Waals surface area contributed by atoms with Gasteiger partial charge in [0.25, 0.3) is 0 Å². The molecule has 1 unspecified atom stereocenters. The van der Waals surface area contributed by atoms with Gasteiger partial charge in [-0.3, -0.25) is 9.69 Å². The maximum Gasteiger partial charge on any atom is 0.335 e. The van der Waals surface area contributed by atoms with E-state index in [1.165, 1.54) is 18.2 Å². The van der Waals surface area contributed by atoms with Crippen molar-refractivity contribution in [2.45, 2.75) is 43.3 Å². The fraction of sp³-hybridized carbons (Fsp3) is 0.276. The molecule has 3 aliphatic heterocycles. The topological polar surface area (TPSA) is 106 Å². The molecule has 2 saturated heterocycles. The van der Waals surface area contributed by atoms with Gasteiger partial charge in [-0.15, -0.1) is 0 Å². The zero-order chi connectivity index (χ0) is 27.6. The number of rotatable bonds is 4. The molecule has 6 rings (SSSR count). The van der Waals surface area contributed by atoms with E-state index in [2.05, 4.69) is 15.5 Å². The lowest BCUT2D eigenvalue weighted by Gasteiger charge is -2.40. The van der Waals surface area contributed by atoms with Crippen molar-refractivity contribution in [1.29, 1.82) is 5.41 Å². The zero-order valence-electron chi connectivity index (χ0n) is 20.9. The van der Waals surface area contributed by atoms with E-state index < -0.39 is 29.3 Å². The van der Waals surface area contributed by atoms with Crippen LogP contribution in [0.1, 0.15) is 36.8 Å². The fourth-order valence-electron chi connectivity index (χ4n) is 6.78. The average Bonchev–Trinajstić information content (AvgIpc) is 3.51. The van der Waals surface area contributed by atoms with Crippen molar-refractivity contribution in [3.8, 4) is 0 Å². The predicted octanol–water partition coefficient (Wildman–Crippen LogP) is 5.37. The molecule has 0 bridgehead atoms. The Hall–Kier alpha value is -3.46. The first-order valence-electron chi connectivity index (χ1n) is 12.7. The van der Waals surface area contributed by atoms with Crippen LogP contribution >= 0.6 is 23.2 Å². The quantitative estimate of drug-likeness (QED) is 0.398. The van der Waals surface area contributed by atoms with Crippen LogP contribution in [0.4, 0.5) is 10.1 Å². The lowest BCUT2D eigenvalue weighted by atomic mass is 9.73. The second-order valence-corrected chi connectivity index (χ2v) is 11.1. The third kappa shape index (κ3) is 3.69. The summed E-state index contributed by atoms with van der Waals surface area (Å²) in [5.74, 6) is -2.59. The molecule has 0 saturated carbocycles. The highest BCUT2D eigenvalue weighted by Gasteiger charge is 2.68. The van der Waals surface area contributed by atoms with E-state index >= 15 is 4.39 Å². The number of anilines is 1. The molecule has 2 fully saturated rings. The first kappa shape index (κ1) is 25.8. The number of allylic oxidation sites excluding steroid dienone is 3. The molecule has 0 radical (unpaired) electrons. The molecule has 1 spiro atoms. The van der Waals surface area contributed by atoms with E-state index in [9.17, 15) is 14.7 Å². The number of likely N-dealkylation sites (tertiary alicyclic amines) is 1. The summed E-state index contributed by atoms with van der Waals surface area (Å²) < 4.78 is 15.8. The Bertz CT molecular complexity index is 1550. The molecule has 2 aromatic rings. The molecule has 2 aromatic carbocycles. The van der Waals surface area contributed by atoms with Gasteiger partial charge in [0.05, 0.1) is 22.3 Å². The van der Waals surface area contributed by atoms with Crippen LogP contribution in [0.5, 0.6) is 0 Å². The normalized spacial score (nSPS) is 29.3. The van der Waals surface area contributed by atoms with E-state index in [1.807, 2.05) is 13.0 Å². The molecule has 4 atom stereocenters. The number of hydrogen-bond donors (Lipinski definition) is 4. The smallest absolute Gasteiger partial charge is 0.335 e. The fourth-order valence-corrected chi connectivity index (χ4v) is 7.13. The van der Waals surface area contributed by atoms with Gasteiger partial charge in [0.1, 0.15) is 11.4 Å². The largest absolute Gasteiger partial charge is 0.478 e. The molecular formula is C29H25Cl2FN4O3. The summed E-state index contributed by atoms with van der Waals surface area (Å²) in [5, 5.41) is 24.9. The van der Waals surface area contributed by atoms with E-state index in [4.69, 9.17) is 28.6 Å². The van der Waals surface area contributed by atoms with Crippen LogP contribution in [0.2, 0.25) is 10.0 Å². The molecule has 10 heteroatoms. The molecule has 3 heterocycles. The molecular weight excluding hydrogens is 542 g/mol. The van der Waals surface area contributed by atoms with Crippen molar-refractivity contribution in [1.82, 2.24) is 10.2 Å². The third-order valence-corrected chi connectivity index (χ3v) is 8.72. The van der Waals surface area contributed by atoms with Gasteiger partial charge in [-0.05, 0) is 48.9 Å². The predicted molar refractivity (Wildman–Crippen MR) is 148 cm³/mol. The van der Waals surface area contributed by atoms with Crippen molar-refractivity contribution < 1.29 is 19.1 Å². The number of amides is 1. The van der Waals surface area contributed by atoms with E-state index in [0.29, 0.717) is 34.8 Å². The molecule has 4 N–H and O–H groups in total. The summed E-state index contributed by atoms with van der Waals surface area (Å²) >= 11 is 12.5. The number of hydrogen-bond acceptors (Lipinski definition) is 5.